The molecule has 0 saturated heterocycles. The molecule has 2 amide bonds. The van der Waals surface area contributed by atoms with Crippen molar-refractivity contribution in [2.75, 3.05) is 6.61 Å². The number of alkyl carbamates (subject to hydrolysis) is 1. The van der Waals surface area contributed by atoms with E-state index in [1.54, 1.807) is 6.92 Å². The summed E-state index contributed by atoms with van der Waals surface area (Å²) < 4.78 is 5.51. The highest BCUT2D eigenvalue weighted by atomic mass is 16.5. The van der Waals surface area contributed by atoms with Crippen LogP contribution in [-0.2, 0) is 14.3 Å². The molecule has 0 unspecified atom stereocenters. The Morgan fingerprint density at radius 2 is 1.58 bits per heavy atom. The minimum Gasteiger partial charge on any atom is -0.481 e. The Bertz CT molecular complexity index is 991. The van der Waals surface area contributed by atoms with E-state index in [9.17, 15) is 19.5 Å². The number of rotatable bonds is 6. The van der Waals surface area contributed by atoms with Crippen molar-refractivity contribution in [2.45, 2.75) is 57.0 Å². The summed E-state index contributed by atoms with van der Waals surface area (Å²) >= 11 is 0. The molecule has 7 heteroatoms. The minimum atomic E-state index is -0.889. The molecule has 0 bridgehead atoms. The number of carboxylic acids is 1. The molecular weight excluding hydrogens is 420 g/mol. The van der Waals surface area contributed by atoms with E-state index in [0.29, 0.717) is 12.8 Å². The van der Waals surface area contributed by atoms with Crippen LogP contribution in [0.15, 0.2) is 48.5 Å². The van der Waals surface area contributed by atoms with E-state index in [2.05, 4.69) is 22.8 Å². The van der Waals surface area contributed by atoms with Gasteiger partial charge in [0.2, 0.25) is 5.91 Å². The molecule has 174 valence electrons. The summed E-state index contributed by atoms with van der Waals surface area (Å²) in [4.78, 5) is 36.7. The lowest BCUT2D eigenvalue weighted by atomic mass is 9.94. The summed E-state index contributed by atoms with van der Waals surface area (Å²) in [5.41, 5.74) is 4.52. The molecule has 4 rings (SSSR count). The maximum atomic E-state index is 12.6. The van der Waals surface area contributed by atoms with E-state index in [-0.39, 0.29) is 12.5 Å². The van der Waals surface area contributed by atoms with Crippen LogP contribution in [0, 0.1) is 5.92 Å². The molecule has 2 aromatic carbocycles. The van der Waals surface area contributed by atoms with Gasteiger partial charge in [0.25, 0.3) is 0 Å². The van der Waals surface area contributed by atoms with Crippen molar-refractivity contribution in [3.05, 3.63) is 59.7 Å². The van der Waals surface area contributed by atoms with Gasteiger partial charge < -0.3 is 20.5 Å². The van der Waals surface area contributed by atoms with Crippen LogP contribution in [0.5, 0.6) is 0 Å². The van der Waals surface area contributed by atoms with Gasteiger partial charge in [-0.2, -0.15) is 0 Å². The van der Waals surface area contributed by atoms with Crippen molar-refractivity contribution >= 4 is 18.0 Å². The summed E-state index contributed by atoms with van der Waals surface area (Å²) in [6, 6.07) is 14.9. The SMILES string of the molecule is C[C@@H](NC(=O)OCC1c2ccccc2-c2ccccc21)C(=O)N[C@@H]1CCCCC[C@@H]1C(=O)O. The number of fused-ring (bicyclic) bond motifs is 3. The number of amides is 2. The van der Waals surface area contributed by atoms with Crippen molar-refractivity contribution in [3.63, 3.8) is 0 Å². The van der Waals surface area contributed by atoms with Gasteiger partial charge in [-0.05, 0) is 42.0 Å². The van der Waals surface area contributed by atoms with Gasteiger partial charge in [0, 0.05) is 12.0 Å². The normalized spacial score (nSPS) is 20.6. The van der Waals surface area contributed by atoms with Crippen LogP contribution in [0.3, 0.4) is 0 Å². The van der Waals surface area contributed by atoms with E-state index in [4.69, 9.17) is 4.74 Å². The molecule has 0 aliphatic heterocycles. The molecule has 3 atom stereocenters. The zero-order chi connectivity index (χ0) is 23.4. The fraction of sp³-hybridized carbons (Fsp3) is 0.423. The molecule has 1 fully saturated rings. The first kappa shape index (κ1) is 22.8. The van der Waals surface area contributed by atoms with Gasteiger partial charge in [0.1, 0.15) is 12.6 Å². The van der Waals surface area contributed by atoms with Gasteiger partial charge in [-0.15, -0.1) is 0 Å². The zero-order valence-electron chi connectivity index (χ0n) is 18.8. The molecule has 0 radical (unpaired) electrons. The Morgan fingerprint density at radius 3 is 2.21 bits per heavy atom. The third-order valence-corrected chi connectivity index (χ3v) is 6.73. The molecule has 3 N–H and O–H groups in total. The summed E-state index contributed by atoms with van der Waals surface area (Å²) in [6.45, 7) is 1.74. The number of carbonyl (C=O) groups is 3. The van der Waals surface area contributed by atoms with E-state index in [0.717, 1.165) is 41.5 Å². The van der Waals surface area contributed by atoms with Gasteiger partial charge in [-0.25, -0.2) is 4.79 Å². The van der Waals surface area contributed by atoms with Crippen LogP contribution in [0.4, 0.5) is 4.79 Å². The van der Waals surface area contributed by atoms with Crippen LogP contribution in [0.1, 0.15) is 56.1 Å². The molecule has 2 aliphatic carbocycles. The second-order valence-corrected chi connectivity index (χ2v) is 8.89. The van der Waals surface area contributed by atoms with Crippen LogP contribution >= 0.6 is 0 Å². The van der Waals surface area contributed by atoms with Crippen molar-refractivity contribution in [1.82, 2.24) is 10.6 Å². The number of carbonyl (C=O) groups excluding carboxylic acids is 2. The van der Waals surface area contributed by atoms with Gasteiger partial charge in [-0.3, -0.25) is 9.59 Å². The average molecular weight is 451 g/mol. The van der Waals surface area contributed by atoms with Gasteiger partial charge in [0.15, 0.2) is 0 Å². The molecule has 2 aliphatic rings. The Kier molecular flexibility index (Phi) is 6.96. The Hall–Kier alpha value is -3.35. The van der Waals surface area contributed by atoms with E-state index in [1.807, 2.05) is 36.4 Å². The molecule has 0 spiro atoms. The van der Waals surface area contributed by atoms with Crippen LogP contribution in [-0.4, -0.2) is 41.8 Å². The van der Waals surface area contributed by atoms with Crippen LogP contribution in [0.25, 0.3) is 11.1 Å². The average Bonchev–Trinajstić information content (AvgIpc) is 2.94. The molecule has 0 aromatic heterocycles. The Labute approximate surface area is 193 Å². The predicted molar refractivity (Wildman–Crippen MR) is 124 cm³/mol. The van der Waals surface area contributed by atoms with Crippen molar-refractivity contribution in [2.24, 2.45) is 5.92 Å². The van der Waals surface area contributed by atoms with Crippen LogP contribution in [0.2, 0.25) is 0 Å². The number of hydrogen-bond donors (Lipinski definition) is 3. The zero-order valence-corrected chi connectivity index (χ0v) is 18.8. The van der Waals surface area contributed by atoms with Gasteiger partial charge in [0.05, 0.1) is 5.92 Å². The monoisotopic (exact) mass is 450 g/mol. The molecular formula is C26H30N2O5. The highest BCUT2D eigenvalue weighted by Crippen LogP contribution is 2.44. The molecule has 7 nitrogen and oxygen atoms in total. The fourth-order valence-electron chi connectivity index (χ4n) is 4.97. The maximum Gasteiger partial charge on any atom is 0.407 e. The molecule has 33 heavy (non-hydrogen) atoms. The summed E-state index contributed by atoms with van der Waals surface area (Å²) in [6.07, 6.45) is 3.19. The van der Waals surface area contributed by atoms with E-state index in [1.165, 1.54) is 0 Å². The smallest absolute Gasteiger partial charge is 0.407 e. The number of benzene rings is 2. The quantitative estimate of drug-likeness (QED) is 0.576. The number of carboxylic acid groups (broad SMARTS) is 1. The number of hydrogen-bond acceptors (Lipinski definition) is 4. The molecule has 0 heterocycles. The number of ether oxygens (including phenoxy) is 1. The summed E-state index contributed by atoms with van der Waals surface area (Å²) in [5, 5.41) is 14.9. The first-order valence-corrected chi connectivity index (χ1v) is 11.6. The van der Waals surface area contributed by atoms with Crippen molar-refractivity contribution < 1.29 is 24.2 Å². The first-order valence-electron chi connectivity index (χ1n) is 11.6. The van der Waals surface area contributed by atoms with Gasteiger partial charge in [-0.1, -0.05) is 67.8 Å². The van der Waals surface area contributed by atoms with E-state index < -0.39 is 36.0 Å². The third-order valence-electron chi connectivity index (χ3n) is 6.73. The predicted octanol–water partition coefficient (Wildman–Crippen LogP) is 4.06. The number of aliphatic carboxylic acids is 1. The largest absolute Gasteiger partial charge is 0.481 e. The lowest BCUT2D eigenvalue weighted by molar-refractivity contribution is -0.143. The highest BCUT2D eigenvalue weighted by Gasteiger charge is 2.32. The Balaban J connectivity index is 1.33. The lowest BCUT2D eigenvalue weighted by Gasteiger charge is -2.25. The standard InChI is InChI=1S/C26H30N2O5/c1-16(24(29)28-23-14-4-2-3-13-21(23)25(30)31)27-26(32)33-15-22-19-11-7-5-9-17(19)18-10-6-8-12-20(18)22/h5-12,16,21-23H,2-4,13-15H2,1H3,(H,27,32)(H,28,29)(H,30,31)/t16-,21+,23-/m1/s1. The molecule has 1 saturated carbocycles. The fourth-order valence-corrected chi connectivity index (χ4v) is 4.97. The van der Waals surface area contributed by atoms with Crippen molar-refractivity contribution in [3.8, 4) is 11.1 Å². The second kappa shape index (κ2) is 10.1. The van der Waals surface area contributed by atoms with Crippen LogP contribution < -0.4 is 10.6 Å². The lowest BCUT2D eigenvalue weighted by Crippen LogP contribution is -2.51. The highest BCUT2D eigenvalue weighted by molar-refractivity contribution is 5.86. The summed E-state index contributed by atoms with van der Waals surface area (Å²) in [5.74, 6) is -1.95. The van der Waals surface area contributed by atoms with E-state index >= 15 is 0 Å². The first-order chi connectivity index (χ1) is 16.0. The maximum absolute atomic E-state index is 12.6. The van der Waals surface area contributed by atoms with Gasteiger partial charge >= 0.3 is 12.1 Å². The number of nitrogens with one attached hydrogen (secondary N) is 2. The second-order valence-electron chi connectivity index (χ2n) is 8.89. The van der Waals surface area contributed by atoms with Crippen molar-refractivity contribution in [1.29, 1.82) is 0 Å². The molecule has 2 aromatic rings. The topological polar surface area (TPSA) is 105 Å². The Morgan fingerprint density at radius 1 is 0.970 bits per heavy atom. The summed E-state index contributed by atoms with van der Waals surface area (Å²) in [7, 11) is 0. The minimum absolute atomic E-state index is 0.0606. The third kappa shape index (κ3) is 5.02.